The topological polar surface area (TPSA) is 110 Å². The lowest BCUT2D eigenvalue weighted by molar-refractivity contribution is -0.148. The van der Waals surface area contributed by atoms with Crippen LogP contribution in [-0.4, -0.2) is 55.2 Å². The van der Waals surface area contributed by atoms with Crippen LogP contribution in [0.5, 0.6) is 0 Å². The molecule has 1 heterocycles. The maximum absolute atomic E-state index is 10.7. The van der Waals surface area contributed by atoms with Crippen LogP contribution in [0.3, 0.4) is 0 Å². The predicted molar refractivity (Wildman–Crippen MR) is 56.5 cm³/mol. The van der Waals surface area contributed by atoms with E-state index in [1.807, 2.05) is 0 Å². The van der Waals surface area contributed by atoms with Gasteiger partial charge in [0.25, 0.3) is 0 Å². The van der Waals surface area contributed by atoms with Crippen molar-refractivity contribution in [3.05, 3.63) is 0 Å². The number of hydrogen-bond donors (Lipinski definition) is 1. The van der Waals surface area contributed by atoms with E-state index in [0.717, 1.165) is 0 Å². The van der Waals surface area contributed by atoms with E-state index < -0.39 is 18.0 Å². The number of carboxylic acids is 1. The molecule has 0 aromatic carbocycles. The van der Waals surface area contributed by atoms with Gasteiger partial charge in [0.2, 0.25) is 0 Å². The Balaban J connectivity index is 1.96. The first-order valence-corrected chi connectivity index (χ1v) is 5.43. The Bertz CT molecular complexity index is 315. The Kier molecular flexibility index (Phi) is 5.68. The van der Waals surface area contributed by atoms with Gasteiger partial charge >= 0.3 is 12.1 Å². The number of carbonyl (C=O) groups excluding carboxylic acids is 1. The maximum Gasteiger partial charge on any atom is 0.508 e. The van der Waals surface area contributed by atoms with Crippen LogP contribution >= 0.6 is 0 Å². The average molecular weight is 261 g/mol. The SMILES string of the molecule is CCOC(=O)OCCO/N=N\N1CC(C(=O)O)C1. The largest absolute Gasteiger partial charge is 0.508 e. The van der Waals surface area contributed by atoms with Gasteiger partial charge in [-0.1, -0.05) is 0 Å². The molecule has 1 aliphatic rings. The molecule has 1 rings (SSSR count). The summed E-state index contributed by atoms with van der Waals surface area (Å²) in [4.78, 5) is 25.9. The number of rotatable bonds is 7. The van der Waals surface area contributed by atoms with E-state index in [1.165, 1.54) is 5.01 Å². The predicted octanol–water partition coefficient (Wildman–Crippen LogP) is 0.475. The monoisotopic (exact) mass is 261 g/mol. The summed E-state index contributed by atoms with van der Waals surface area (Å²) in [7, 11) is 0. The van der Waals surface area contributed by atoms with E-state index in [-0.39, 0.29) is 19.8 Å². The highest BCUT2D eigenvalue weighted by molar-refractivity contribution is 5.71. The molecule has 0 spiro atoms. The summed E-state index contributed by atoms with van der Waals surface area (Å²) in [6.07, 6.45) is -0.759. The van der Waals surface area contributed by atoms with Crippen molar-refractivity contribution in [2.45, 2.75) is 6.92 Å². The van der Waals surface area contributed by atoms with Crippen molar-refractivity contribution in [2.75, 3.05) is 32.9 Å². The number of carbonyl (C=O) groups is 2. The van der Waals surface area contributed by atoms with Crippen molar-refractivity contribution >= 4 is 12.1 Å². The Labute approximate surface area is 103 Å². The molecule has 9 heteroatoms. The second-order valence-corrected chi connectivity index (χ2v) is 3.44. The Morgan fingerprint density at radius 2 is 2.06 bits per heavy atom. The van der Waals surface area contributed by atoms with Crippen molar-refractivity contribution in [3.63, 3.8) is 0 Å². The number of ether oxygens (including phenoxy) is 2. The van der Waals surface area contributed by atoms with Crippen molar-refractivity contribution in [1.29, 1.82) is 0 Å². The van der Waals surface area contributed by atoms with E-state index in [9.17, 15) is 9.59 Å². The first kappa shape index (κ1) is 14.0. The highest BCUT2D eigenvalue weighted by Crippen LogP contribution is 2.15. The van der Waals surface area contributed by atoms with E-state index >= 15 is 0 Å². The lowest BCUT2D eigenvalue weighted by Gasteiger charge is -2.32. The van der Waals surface area contributed by atoms with Gasteiger partial charge in [-0.15, -0.1) is 0 Å². The number of hydrogen-bond acceptors (Lipinski definition) is 7. The van der Waals surface area contributed by atoms with Crippen molar-refractivity contribution in [1.82, 2.24) is 5.01 Å². The van der Waals surface area contributed by atoms with Crippen LogP contribution in [0.15, 0.2) is 10.5 Å². The molecular formula is C9H15N3O6. The van der Waals surface area contributed by atoms with Gasteiger partial charge in [0.05, 0.1) is 25.6 Å². The summed E-state index contributed by atoms with van der Waals surface area (Å²) in [6.45, 7) is 2.62. The first-order chi connectivity index (χ1) is 8.63. The standard InChI is InChI=1S/C9H15N3O6/c1-2-16-9(15)17-3-4-18-11-10-12-5-7(6-12)8(13)14/h7H,2-6H2,1H3,(H,13,14)/b11-10-. The Morgan fingerprint density at radius 3 is 2.67 bits per heavy atom. The lowest BCUT2D eigenvalue weighted by atomic mass is 10.0. The third-order valence-corrected chi connectivity index (χ3v) is 2.09. The van der Waals surface area contributed by atoms with Crippen molar-refractivity contribution in [3.8, 4) is 0 Å². The van der Waals surface area contributed by atoms with Gasteiger partial charge in [-0.05, 0) is 12.1 Å². The number of carboxylic acid groups (broad SMARTS) is 1. The molecule has 0 unspecified atom stereocenters. The van der Waals surface area contributed by atoms with E-state index in [0.29, 0.717) is 13.1 Å². The summed E-state index contributed by atoms with van der Waals surface area (Å²) in [6, 6.07) is 0. The molecule has 1 saturated heterocycles. The molecule has 18 heavy (non-hydrogen) atoms. The smallest absolute Gasteiger partial charge is 0.481 e. The van der Waals surface area contributed by atoms with Gasteiger partial charge in [0.15, 0.2) is 6.61 Å². The fourth-order valence-corrected chi connectivity index (χ4v) is 1.12. The molecule has 102 valence electrons. The highest BCUT2D eigenvalue weighted by atomic mass is 16.7. The zero-order chi connectivity index (χ0) is 13.4. The minimum atomic E-state index is -0.842. The third kappa shape index (κ3) is 4.85. The molecule has 0 aliphatic carbocycles. The molecule has 0 radical (unpaired) electrons. The molecule has 0 bridgehead atoms. The molecule has 0 amide bonds. The number of aliphatic carboxylic acids is 1. The summed E-state index contributed by atoms with van der Waals surface area (Å²) in [5.74, 6) is -1.23. The van der Waals surface area contributed by atoms with Crippen LogP contribution < -0.4 is 0 Å². The van der Waals surface area contributed by atoms with Gasteiger partial charge in [-0.25, -0.2) is 4.79 Å². The molecule has 9 nitrogen and oxygen atoms in total. The Hall–Kier alpha value is -2.06. The maximum atomic E-state index is 10.7. The van der Waals surface area contributed by atoms with Gasteiger partial charge in [0.1, 0.15) is 6.61 Å². The van der Waals surface area contributed by atoms with Gasteiger partial charge in [-0.3, -0.25) is 9.80 Å². The van der Waals surface area contributed by atoms with Crippen LogP contribution in [0.4, 0.5) is 4.79 Å². The minimum absolute atomic E-state index is 0.00953. The first-order valence-electron chi connectivity index (χ1n) is 5.43. The summed E-state index contributed by atoms with van der Waals surface area (Å²) in [5.41, 5.74) is 0. The minimum Gasteiger partial charge on any atom is -0.481 e. The molecule has 0 aromatic rings. The van der Waals surface area contributed by atoms with Crippen LogP contribution in [0.1, 0.15) is 6.92 Å². The number of nitrogens with zero attached hydrogens (tertiary/aromatic N) is 3. The average Bonchev–Trinajstić information content (AvgIpc) is 2.25. The van der Waals surface area contributed by atoms with Crippen LogP contribution in [0.2, 0.25) is 0 Å². The fourth-order valence-electron chi connectivity index (χ4n) is 1.12. The molecule has 1 fully saturated rings. The highest BCUT2D eigenvalue weighted by Gasteiger charge is 2.32. The van der Waals surface area contributed by atoms with Crippen molar-refractivity contribution in [2.24, 2.45) is 16.4 Å². The summed E-state index contributed by atoms with van der Waals surface area (Å²) in [5, 5.41) is 17.0. The van der Waals surface area contributed by atoms with Crippen LogP contribution in [0.25, 0.3) is 0 Å². The fraction of sp³-hybridized carbons (Fsp3) is 0.778. The zero-order valence-electron chi connectivity index (χ0n) is 9.94. The van der Waals surface area contributed by atoms with E-state index in [2.05, 4.69) is 20.0 Å². The molecule has 0 saturated carbocycles. The van der Waals surface area contributed by atoms with Gasteiger partial charge < -0.3 is 19.4 Å². The second kappa shape index (κ2) is 7.30. The van der Waals surface area contributed by atoms with Crippen LogP contribution in [0, 0.1) is 5.92 Å². The Morgan fingerprint density at radius 1 is 1.33 bits per heavy atom. The normalized spacial score (nSPS) is 15.3. The molecule has 0 atom stereocenters. The van der Waals surface area contributed by atoms with Gasteiger partial charge in [0, 0.05) is 5.28 Å². The quantitative estimate of drug-likeness (QED) is 0.307. The molecule has 0 aromatic heterocycles. The van der Waals surface area contributed by atoms with Gasteiger partial charge in [-0.2, -0.15) is 0 Å². The van der Waals surface area contributed by atoms with E-state index in [1.54, 1.807) is 6.92 Å². The summed E-state index contributed by atoms with van der Waals surface area (Å²) < 4.78 is 9.11. The third-order valence-electron chi connectivity index (χ3n) is 2.09. The summed E-state index contributed by atoms with van der Waals surface area (Å²) >= 11 is 0. The molecular weight excluding hydrogens is 246 g/mol. The van der Waals surface area contributed by atoms with Crippen molar-refractivity contribution < 1.29 is 29.0 Å². The molecule has 1 aliphatic heterocycles. The lowest BCUT2D eigenvalue weighted by Crippen LogP contribution is -2.46. The second-order valence-electron chi connectivity index (χ2n) is 3.44. The van der Waals surface area contributed by atoms with E-state index in [4.69, 9.17) is 9.94 Å². The molecule has 1 N–H and O–H groups in total. The zero-order valence-corrected chi connectivity index (χ0v) is 9.94. The van der Waals surface area contributed by atoms with Crippen LogP contribution in [-0.2, 0) is 19.1 Å².